The Bertz CT molecular complexity index is 390. The first kappa shape index (κ1) is 11.0. The van der Waals surface area contributed by atoms with Crippen LogP contribution >= 0.6 is 0 Å². The number of nitrogens with zero attached hydrogens (tertiary/aromatic N) is 2. The summed E-state index contributed by atoms with van der Waals surface area (Å²) in [5.74, 6) is 0.822. The predicted molar refractivity (Wildman–Crippen MR) is 63.8 cm³/mol. The second-order valence-corrected chi connectivity index (χ2v) is 3.68. The summed E-state index contributed by atoms with van der Waals surface area (Å²) in [5.41, 5.74) is 2.40. The molecule has 0 saturated carbocycles. The first-order valence-corrected chi connectivity index (χ1v) is 5.34. The molecule has 16 heavy (non-hydrogen) atoms. The maximum absolute atomic E-state index is 5.37. The normalized spacial score (nSPS) is 18.9. The number of oxime groups is 1. The van der Waals surface area contributed by atoms with Crippen LogP contribution in [-0.4, -0.2) is 32.7 Å². The molecule has 1 fully saturated rings. The summed E-state index contributed by atoms with van der Waals surface area (Å²) in [4.78, 5) is 6.98. The average molecular weight is 220 g/mol. The van der Waals surface area contributed by atoms with Gasteiger partial charge in [-0.15, -0.1) is 0 Å². The van der Waals surface area contributed by atoms with E-state index in [1.165, 1.54) is 11.3 Å². The highest BCUT2D eigenvalue weighted by Crippen LogP contribution is 2.21. The SMILES string of the molecule is CON=C1COCCN1c1ccccc1C. The van der Waals surface area contributed by atoms with Crippen LogP contribution in [0, 0.1) is 6.92 Å². The summed E-state index contributed by atoms with van der Waals surface area (Å²) in [6.45, 7) is 4.13. The Labute approximate surface area is 95.5 Å². The maximum atomic E-state index is 5.37. The minimum atomic E-state index is 0.502. The van der Waals surface area contributed by atoms with Gasteiger partial charge in [-0.2, -0.15) is 0 Å². The van der Waals surface area contributed by atoms with Gasteiger partial charge >= 0.3 is 0 Å². The molecule has 0 amide bonds. The number of hydrogen-bond acceptors (Lipinski definition) is 3. The summed E-state index contributed by atoms with van der Waals surface area (Å²) in [6.07, 6.45) is 0. The maximum Gasteiger partial charge on any atom is 0.175 e. The zero-order valence-corrected chi connectivity index (χ0v) is 9.64. The van der Waals surface area contributed by atoms with Crippen LogP contribution in [0.4, 0.5) is 5.69 Å². The second kappa shape index (κ2) is 4.99. The van der Waals surface area contributed by atoms with Crippen molar-refractivity contribution in [3.05, 3.63) is 29.8 Å². The molecule has 0 aliphatic carbocycles. The molecule has 0 unspecified atom stereocenters. The van der Waals surface area contributed by atoms with Crippen LogP contribution in [0.3, 0.4) is 0 Å². The van der Waals surface area contributed by atoms with Gasteiger partial charge < -0.3 is 14.5 Å². The highest BCUT2D eigenvalue weighted by molar-refractivity contribution is 5.99. The minimum Gasteiger partial charge on any atom is -0.398 e. The van der Waals surface area contributed by atoms with Crippen LogP contribution in [0.25, 0.3) is 0 Å². The Morgan fingerprint density at radius 1 is 1.38 bits per heavy atom. The fourth-order valence-corrected chi connectivity index (χ4v) is 1.83. The first-order valence-electron chi connectivity index (χ1n) is 5.34. The van der Waals surface area contributed by atoms with Gasteiger partial charge in [-0.3, -0.25) is 0 Å². The lowest BCUT2D eigenvalue weighted by molar-refractivity contribution is 0.154. The van der Waals surface area contributed by atoms with Crippen molar-refractivity contribution < 1.29 is 9.57 Å². The molecule has 0 atom stereocenters. The molecule has 0 bridgehead atoms. The molecule has 4 heteroatoms. The van der Waals surface area contributed by atoms with E-state index in [9.17, 15) is 0 Å². The van der Waals surface area contributed by atoms with Gasteiger partial charge in [0.15, 0.2) is 5.84 Å². The van der Waals surface area contributed by atoms with Crippen molar-refractivity contribution in [3.8, 4) is 0 Å². The molecule has 1 aliphatic rings. The van der Waals surface area contributed by atoms with Crippen LogP contribution in [0.2, 0.25) is 0 Å². The van der Waals surface area contributed by atoms with Crippen LogP contribution in [0.5, 0.6) is 0 Å². The highest BCUT2D eigenvalue weighted by Gasteiger charge is 2.20. The quantitative estimate of drug-likeness (QED) is 0.713. The van der Waals surface area contributed by atoms with E-state index in [0.717, 1.165) is 19.0 Å². The van der Waals surface area contributed by atoms with E-state index in [2.05, 4.69) is 29.1 Å². The summed E-state index contributed by atoms with van der Waals surface area (Å²) >= 11 is 0. The van der Waals surface area contributed by atoms with E-state index in [-0.39, 0.29) is 0 Å². The Hall–Kier alpha value is -1.55. The number of ether oxygens (including phenoxy) is 1. The molecule has 1 aromatic rings. The number of aryl methyl sites for hydroxylation is 1. The molecular formula is C12H16N2O2. The summed E-state index contributed by atoms with van der Waals surface area (Å²) in [6, 6.07) is 8.25. The van der Waals surface area contributed by atoms with E-state index >= 15 is 0 Å². The number of para-hydroxylation sites is 1. The highest BCUT2D eigenvalue weighted by atomic mass is 16.6. The van der Waals surface area contributed by atoms with Gasteiger partial charge in [0, 0.05) is 12.2 Å². The molecule has 1 aliphatic heterocycles. The largest absolute Gasteiger partial charge is 0.398 e. The van der Waals surface area contributed by atoms with Gasteiger partial charge in [0.1, 0.15) is 13.7 Å². The predicted octanol–water partition coefficient (Wildman–Crippen LogP) is 1.79. The number of amidine groups is 1. The Morgan fingerprint density at radius 3 is 2.94 bits per heavy atom. The standard InChI is InChI=1S/C12H16N2O2/c1-10-5-3-4-6-11(10)14-7-8-16-9-12(14)13-15-2/h3-6H,7-9H2,1-2H3. The van der Waals surface area contributed by atoms with Gasteiger partial charge in [-0.25, -0.2) is 0 Å². The van der Waals surface area contributed by atoms with Crippen molar-refractivity contribution >= 4 is 11.5 Å². The van der Waals surface area contributed by atoms with Crippen molar-refractivity contribution in [3.63, 3.8) is 0 Å². The lowest BCUT2D eigenvalue weighted by atomic mass is 10.1. The van der Waals surface area contributed by atoms with Gasteiger partial charge in [-0.1, -0.05) is 23.4 Å². The molecule has 1 saturated heterocycles. The molecule has 0 N–H and O–H groups in total. The fourth-order valence-electron chi connectivity index (χ4n) is 1.83. The van der Waals surface area contributed by atoms with Crippen molar-refractivity contribution in [1.82, 2.24) is 0 Å². The number of hydrogen-bond donors (Lipinski definition) is 0. The smallest absolute Gasteiger partial charge is 0.175 e. The fraction of sp³-hybridized carbons (Fsp3) is 0.417. The van der Waals surface area contributed by atoms with Crippen molar-refractivity contribution in [2.45, 2.75) is 6.92 Å². The third kappa shape index (κ3) is 2.17. The van der Waals surface area contributed by atoms with E-state index in [0.29, 0.717) is 6.61 Å². The second-order valence-electron chi connectivity index (χ2n) is 3.68. The van der Waals surface area contributed by atoms with Crippen LogP contribution in [0.1, 0.15) is 5.56 Å². The summed E-state index contributed by atoms with van der Waals surface area (Å²) < 4.78 is 5.37. The Morgan fingerprint density at radius 2 is 2.19 bits per heavy atom. The van der Waals surface area contributed by atoms with Crippen molar-refractivity contribution in [2.75, 3.05) is 31.8 Å². The molecule has 0 spiro atoms. The number of morpholine rings is 1. The molecule has 4 nitrogen and oxygen atoms in total. The van der Waals surface area contributed by atoms with Gasteiger partial charge in [0.25, 0.3) is 0 Å². The van der Waals surface area contributed by atoms with E-state index in [4.69, 9.17) is 9.57 Å². The van der Waals surface area contributed by atoms with E-state index in [1.807, 2.05) is 12.1 Å². The molecule has 2 rings (SSSR count). The number of anilines is 1. The minimum absolute atomic E-state index is 0.502. The third-order valence-corrected chi connectivity index (χ3v) is 2.60. The average Bonchev–Trinajstić information content (AvgIpc) is 2.31. The lowest BCUT2D eigenvalue weighted by Crippen LogP contribution is -2.42. The molecule has 86 valence electrons. The number of benzene rings is 1. The zero-order valence-electron chi connectivity index (χ0n) is 9.64. The monoisotopic (exact) mass is 220 g/mol. The third-order valence-electron chi connectivity index (χ3n) is 2.60. The number of rotatable bonds is 2. The first-order chi connectivity index (χ1) is 7.83. The molecule has 0 aromatic heterocycles. The lowest BCUT2D eigenvalue weighted by Gasteiger charge is -2.30. The molecule has 1 heterocycles. The topological polar surface area (TPSA) is 34.1 Å². The van der Waals surface area contributed by atoms with E-state index < -0.39 is 0 Å². The van der Waals surface area contributed by atoms with Crippen molar-refractivity contribution in [2.24, 2.45) is 5.16 Å². The molecular weight excluding hydrogens is 204 g/mol. The van der Waals surface area contributed by atoms with Crippen LogP contribution < -0.4 is 4.90 Å². The Balaban J connectivity index is 2.30. The van der Waals surface area contributed by atoms with Gasteiger partial charge in [-0.05, 0) is 18.6 Å². The summed E-state index contributed by atoms with van der Waals surface area (Å²) in [5, 5.41) is 4.00. The van der Waals surface area contributed by atoms with E-state index in [1.54, 1.807) is 7.11 Å². The van der Waals surface area contributed by atoms with Crippen LogP contribution in [-0.2, 0) is 9.57 Å². The van der Waals surface area contributed by atoms with Crippen LogP contribution in [0.15, 0.2) is 29.4 Å². The Kier molecular flexibility index (Phi) is 3.41. The molecule has 0 radical (unpaired) electrons. The molecule has 1 aromatic carbocycles. The van der Waals surface area contributed by atoms with Crippen molar-refractivity contribution in [1.29, 1.82) is 0 Å². The van der Waals surface area contributed by atoms with Gasteiger partial charge in [0.05, 0.1) is 6.61 Å². The summed E-state index contributed by atoms with van der Waals surface area (Å²) in [7, 11) is 1.55. The van der Waals surface area contributed by atoms with Gasteiger partial charge in [0.2, 0.25) is 0 Å². The zero-order chi connectivity index (χ0) is 11.4.